The topological polar surface area (TPSA) is 30.5 Å². The molecule has 1 aliphatic heterocycles. The quantitative estimate of drug-likeness (QED) is 0.888. The molecule has 1 aromatic carbocycles. The smallest absolute Gasteiger partial charge is 0.143 e. The van der Waals surface area contributed by atoms with Gasteiger partial charge in [-0.15, -0.1) is 0 Å². The van der Waals surface area contributed by atoms with Crippen molar-refractivity contribution in [1.29, 1.82) is 0 Å². The van der Waals surface area contributed by atoms with E-state index >= 15 is 0 Å². The Morgan fingerprint density at radius 1 is 1.40 bits per heavy atom. The van der Waals surface area contributed by atoms with Gasteiger partial charge in [0.25, 0.3) is 0 Å². The maximum atomic E-state index is 6.29. The molecule has 0 saturated carbocycles. The van der Waals surface area contributed by atoms with Gasteiger partial charge >= 0.3 is 0 Å². The van der Waals surface area contributed by atoms with Gasteiger partial charge in [0, 0.05) is 29.8 Å². The minimum absolute atomic E-state index is 0.0697. The van der Waals surface area contributed by atoms with Gasteiger partial charge in [-0.25, -0.2) is 0 Å². The maximum Gasteiger partial charge on any atom is 0.143 e. The monoisotopic (exact) mass is 317 g/mol. The number of rotatable bonds is 5. The highest BCUT2D eigenvalue weighted by Crippen LogP contribution is 2.34. The lowest BCUT2D eigenvalue weighted by molar-refractivity contribution is 0.00704. The average molecular weight is 318 g/mol. The van der Waals surface area contributed by atoms with Crippen LogP contribution in [0, 0.1) is 0 Å². The molecular weight excluding hydrogens is 297 g/mol. The molecule has 1 saturated heterocycles. The van der Waals surface area contributed by atoms with Crippen LogP contribution in [0.25, 0.3) is 0 Å². The molecule has 1 atom stereocenters. The van der Waals surface area contributed by atoms with Crippen molar-refractivity contribution in [3.05, 3.63) is 27.7 Å². The van der Waals surface area contributed by atoms with E-state index in [1.54, 1.807) is 6.07 Å². The Bertz CT molecular complexity index is 446. The fraction of sp³-hybridized carbons (Fsp3) is 0.600. The van der Waals surface area contributed by atoms with Crippen LogP contribution in [0.3, 0.4) is 0 Å². The summed E-state index contributed by atoms with van der Waals surface area (Å²) in [5.74, 6) is 0.722. The predicted molar refractivity (Wildman–Crippen MR) is 82.9 cm³/mol. The van der Waals surface area contributed by atoms with Crippen molar-refractivity contribution in [3.63, 3.8) is 0 Å². The van der Waals surface area contributed by atoms with Gasteiger partial charge in [0.1, 0.15) is 11.9 Å². The Labute approximate surface area is 130 Å². The summed E-state index contributed by atoms with van der Waals surface area (Å²) in [4.78, 5) is 0. The van der Waals surface area contributed by atoms with Crippen LogP contribution in [-0.4, -0.2) is 25.4 Å². The first kappa shape index (κ1) is 15.9. The molecule has 20 heavy (non-hydrogen) atoms. The van der Waals surface area contributed by atoms with E-state index in [9.17, 15) is 0 Å². The molecule has 0 radical (unpaired) electrons. The van der Waals surface area contributed by atoms with Crippen LogP contribution >= 0.6 is 23.2 Å². The molecule has 2 rings (SSSR count). The predicted octanol–water partition coefficient (Wildman–Crippen LogP) is 4.05. The van der Waals surface area contributed by atoms with Crippen LogP contribution in [0.5, 0.6) is 5.75 Å². The first-order valence-corrected chi connectivity index (χ1v) is 7.77. The third-order valence-corrected chi connectivity index (χ3v) is 3.69. The molecule has 1 aliphatic rings. The van der Waals surface area contributed by atoms with Crippen molar-refractivity contribution >= 4 is 23.2 Å². The third kappa shape index (κ3) is 4.52. The maximum absolute atomic E-state index is 6.29. The Morgan fingerprint density at radius 3 is 2.85 bits per heavy atom. The van der Waals surface area contributed by atoms with Gasteiger partial charge in [-0.1, -0.05) is 37.0 Å². The second-order valence-corrected chi connectivity index (χ2v) is 6.21. The first-order chi connectivity index (χ1) is 9.56. The SMILES string of the molecule is CC(C)NCc1cc(Cl)cc(Cl)c1OC1CCCOC1. The summed E-state index contributed by atoms with van der Waals surface area (Å²) >= 11 is 12.4. The normalized spacial score (nSPS) is 19.4. The molecule has 0 spiro atoms. The van der Waals surface area contributed by atoms with Gasteiger partial charge in [-0.2, -0.15) is 0 Å². The zero-order valence-corrected chi connectivity index (χ0v) is 13.4. The van der Waals surface area contributed by atoms with Gasteiger partial charge in [-0.3, -0.25) is 0 Å². The Hall–Kier alpha value is -0.480. The van der Waals surface area contributed by atoms with E-state index in [1.165, 1.54) is 0 Å². The molecular formula is C15H21Cl2NO2. The molecule has 1 N–H and O–H groups in total. The van der Waals surface area contributed by atoms with Gasteiger partial charge < -0.3 is 14.8 Å². The van der Waals surface area contributed by atoms with Crippen molar-refractivity contribution in [2.75, 3.05) is 13.2 Å². The summed E-state index contributed by atoms with van der Waals surface area (Å²) < 4.78 is 11.5. The second kappa shape index (κ2) is 7.51. The largest absolute Gasteiger partial charge is 0.486 e. The standard InChI is InChI=1S/C15H21Cl2NO2/c1-10(2)18-8-11-6-12(16)7-14(17)15(11)20-13-4-3-5-19-9-13/h6-7,10,13,18H,3-5,8-9H2,1-2H3. The highest BCUT2D eigenvalue weighted by molar-refractivity contribution is 6.35. The molecule has 1 unspecified atom stereocenters. The molecule has 112 valence electrons. The molecule has 0 aromatic heterocycles. The van der Waals surface area contributed by atoms with Crippen molar-refractivity contribution in [1.82, 2.24) is 5.32 Å². The molecule has 1 heterocycles. The molecule has 5 heteroatoms. The van der Waals surface area contributed by atoms with E-state index in [0.29, 0.717) is 29.2 Å². The van der Waals surface area contributed by atoms with E-state index < -0.39 is 0 Å². The summed E-state index contributed by atoms with van der Waals surface area (Å²) in [7, 11) is 0. The van der Waals surface area contributed by atoms with Gasteiger partial charge in [0.05, 0.1) is 11.6 Å². The molecule has 3 nitrogen and oxygen atoms in total. The highest BCUT2D eigenvalue weighted by Gasteiger charge is 2.19. The van der Waals surface area contributed by atoms with Gasteiger partial charge in [0.2, 0.25) is 0 Å². The van der Waals surface area contributed by atoms with Gasteiger partial charge in [0.15, 0.2) is 0 Å². The summed E-state index contributed by atoms with van der Waals surface area (Å²) in [5.41, 5.74) is 0.988. The fourth-order valence-electron chi connectivity index (χ4n) is 2.16. The average Bonchev–Trinajstić information content (AvgIpc) is 2.41. The number of hydrogen-bond donors (Lipinski definition) is 1. The van der Waals surface area contributed by atoms with E-state index in [-0.39, 0.29) is 6.10 Å². The molecule has 0 bridgehead atoms. The summed E-state index contributed by atoms with van der Waals surface area (Å²) in [6, 6.07) is 4.02. The van der Waals surface area contributed by atoms with E-state index in [4.69, 9.17) is 32.7 Å². The molecule has 1 aromatic rings. The zero-order chi connectivity index (χ0) is 14.5. The van der Waals surface area contributed by atoms with Crippen LogP contribution in [0.15, 0.2) is 12.1 Å². The van der Waals surface area contributed by atoms with Crippen molar-refractivity contribution in [2.45, 2.75) is 45.4 Å². The minimum atomic E-state index is 0.0697. The van der Waals surface area contributed by atoms with E-state index in [1.807, 2.05) is 6.07 Å². The molecule has 0 aliphatic carbocycles. The Morgan fingerprint density at radius 2 is 2.20 bits per heavy atom. The van der Waals surface area contributed by atoms with Crippen molar-refractivity contribution in [2.24, 2.45) is 0 Å². The lowest BCUT2D eigenvalue weighted by Crippen LogP contribution is -2.29. The lowest BCUT2D eigenvalue weighted by Gasteiger charge is -2.25. The van der Waals surface area contributed by atoms with Crippen LogP contribution in [0.1, 0.15) is 32.3 Å². The number of hydrogen-bond acceptors (Lipinski definition) is 3. The van der Waals surface area contributed by atoms with Gasteiger partial charge in [-0.05, 0) is 25.0 Å². The van der Waals surface area contributed by atoms with Crippen LogP contribution in [0.4, 0.5) is 0 Å². The van der Waals surface area contributed by atoms with Crippen molar-refractivity contribution in [3.8, 4) is 5.75 Å². The summed E-state index contributed by atoms with van der Waals surface area (Å²) in [6.07, 6.45) is 2.09. The number of nitrogens with one attached hydrogen (secondary N) is 1. The fourth-order valence-corrected chi connectivity index (χ4v) is 2.74. The second-order valence-electron chi connectivity index (χ2n) is 5.37. The summed E-state index contributed by atoms with van der Waals surface area (Å²) in [5, 5.41) is 4.55. The Kier molecular flexibility index (Phi) is 5.97. The van der Waals surface area contributed by atoms with E-state index in [0.717, 1.165) is 30.8 Å². The highest BCUT2D eigenvalue weighted by atomic mass is 35.5. The lowest BCUT2D eigenvalue weighted by atomic mass is 10.1. The minimum Gasteiger partial charge on any atom is -0.486 e. The Balaban J connectivity index is 2.15. The van der Waals surface area contributed by atoms with E-state index in [2.05, 4.69) is 19.2 Å². The number of benzene rings is 1. The first-order valence-electron chi connectivity index (χ1n) is 7.02. The third-order valence-electron chi connectivity index (χ3n) is 3.19. The zero-order valence-electron chi connectivity index (χ0n) is 11.9. The molecule has 1 fully saturated rings. The van der Waals surface area contributed by atoms with Crippen LogP contribution < -0.4 is 10.1 Å². The van der Waals surface area contributed by atoms with Crippen molar-refractivity contribution < 1.29 is 9.47 Å². The number of ether oxygens (including phenoxy) is 2. The van der Waals surface area contributed by atoms with Crippen LogP contribution in [0.2, 0.25) is 10.0 Å². The summed E-state index contributed by atoms with van der Waals surface area (Å²) in [6.45, 7) is 6.32. The number of halogens is 2. The molecule has 0 amide bonds. The van der Waals surface area contributed by atoms with Crippen LogP contribution in [-0.2, 0) is 11.3 Å².